The number of benzene rings is 2. The van der Waals surface area contributed by atoms with E-state index < -0.39 is 15.8 Å². The van der Waals surface area contributed by atoms with E-state index in [2.05, 4.69) is 4.90 Å². The van der Waals surface area contributed by atoms with Gasteiger partial charge in [0.25, 0.3) is 0 Å². The van der Waals surface area contributed by atoms with Crippen molar-refractivity contribution in [3.63, 3.8) is 0 Å². The highest BCUT2D eigenvalue weighted by Gasteiger charge is 2.30. The summed E-state index contributed by atoms with van der Waals surface area (Å²) >= 11 is 5.94. The van der Waals surface area contributed by atoms with Crippen molar-refractivity contribution in [2.75, 3.05) is 40.4 Å². The van der Waals surface area contributed by atoms with Crippen LogP contribution in [-0.4, -0.2) is 58.0 Å². The summed E-state index contributed by atoms with van der Waals surface area (Å²) in [5.41, 5.74) is 1.05. The summed E-state index contributed by atoms with van der Waals surface area (Å²) in [6.45, 7) is 2.50. The Kier molecular flexibility index (Phi) is 6.44. The zero-order valence-corrected chi connectivity index (χ0v) is 17.3. The second kappa shape index (κ2) is 8.65. The molecule has 3 rings (SSSR count). The summed E-state index contributed by atoms with van der Waals surface area (Å²) in [7, 11) is -0.577. The van der Waals surface area contributed by atoms with Gasteiger partial charge in [0.15, 0.2) is 11.5 Å². The molecule has 0 amide bonds. The minimum absolute atomic E-state index is 0.0658. The van der Waals surface area contributed by atoms with Crippen LogP contribution >= 0.6 is 11.6 Å². The largest absolute Gasteiger partial charge is 0.493 e. The Balaban J connectivity index is 1.66. The van der Waals surface area contributed by atoms with Gasteiger partial charge < -0.3 is 9.47 Å². The highest BCUT2D eigenvalue weighted by molar-refractivity contribution is 7.89. The number of methoxy groups -OCH3 is 2. The first kappa shape index (κ1) is 20.9. The normalized spacial score (nSPS) is 16.1. The van der Waals surface area contributed by atoms with E-state index in [4.69, 9.17) is 21.1 Å². The molecule has 0 atom stereocenters. The van der Waals surface area contributed by atoms with E-state index in [1.165, 1.54) is 10.4 Å². The van der Waals surface area contributed by atoms with Gasteiger partial charge in [-0.15, -0.1) is 0 Å². The van der Waals surface area contributed by atoms with Crippen molar-refractivity contribution in [3.05, 3.63) is 52.8 Å². The molecule has 1 heterocycles. The zero-order valence-electron chi connectivity index (χ0n) is 15.7. The zero-order chi connectivity index (χ0) is 20.3. The monoisotopic (exact) mass is 428 g/mol. The molecule has 0 spiro atoms. The first-order valence-electron chi connectivity index (χ1n) is 8.73. The van der Waals surface area contributed by atoms with Crippen molar-refractivity contribution < 1.29 is 22.3 Å². The van der Waals surface area contributed by atoms with Crippen LogP contribution in [0.15, 0.2) is 41.3 Å². The Hall–Kier alpha value is -1.87. The Labute approximate surface area is 169 Å². The van der Waals surface area contributed by atoms with Crippen LogP contribution in [0.1, 0.15) is 5.56 Å². The number of halogens is 2. The van der Waals surface area contributed by atoms with Crippen molar-refractivity contribution >= 4 is 21.6 Å². The topological polar surface area (TPSA) is 59.1 Å². The SMILES string of the molecule is COc1ccc(CN2CCN(S(=O)(=O)c3ccc(F)cc3Cl)CC2)cc1OC. The van der Waals surface area contributed by atoms with Gasteiger partial charge in [0.2, 0.25) is 10.0 Å². The van der Waals surface area contributed by atoms with Crippen LogP contribution in [-0.2, 0) is 16.6 Å². The fraction of sp³-hybridized carbons (Fsp3) is 0.368. The van der Waals surface area contributed by atoms with Crippen LogP contribution in [0.3, 0.4) is 0 Å². The minimum atomic E-state index is -3.75. The third-order valence-corrected chi connectivity index (χ3v) is 7.08. The van der Waals surface area contributed by atoms with Crippen LogP contribution in [0.25, 0.3) is 0 Å². The van der Waals surface area contributed by atoms with E-state index in [1.807, 2.05) is 18.2 Å². The lowest BCUT2D eigenvalue weighted by atomic mass is 10.1. The molecule has 1 aliphatic rings. The Bertz CT molecular complexity index is 947. The molecule has 0 aromatic heterocycles. The van der Waals surface area contributed by atoms with Gasteiger partial charge in [0, 0.05) is 32.7 Å². The van der Waals surface area contributed by atoms with Crippen LogP contribution in [0.2, 0.25) is 5.02 Å². The molecule has 1 saturated heterocycles. The molecule has 1 fully saturated rings. The Morgan fingerprint density at radius 2 is 1.68 bits per heavy atom. The predicted molar refractivity (Wildman–Crippen MR) is 105 cm³/mol. The van der Waals surface area contributed by atoms with E-state index in [-0.39, 0.29) is 9.92 Å². The molecule has 9 heteroatoms. The molecule has 6 nitrogen and oxygen atoms in total. The van der Waals surface area contributed by atoms with Gasteiger partial charge in [-0.2, -0.15) is 4.31 Å². The number of hydrogen-bond acceptors (Lipinski definition) is 5. The smallest absolute Gasteiger partial charge is 0.244 e. The fourth-order valence-corrected chi connectivity index (χ4v) is 5.12. The first-order valence-corrected chi connectivity index (χ1v) is 10.6. The van der Waals surface area contributed by atoms with Crippen molar-refractivity contribution in [2.45, 2.75) is 11.4 Å². The molecule has 0 aliphatic carbocycles. The lowest BCUT2D eigenvalue weighted by Crippen LogP contribution is -2.48. The number of rotatable bonds is 6. The summed E-state index contributed by atoms with van der Waals surface area (Å²) < 4.78 is 50.8. The summed E-state index contributed by atoms with van der Waals surface area (Å²) in [4.78, 5) is 2.10. The second-order valence-electron chi connectivity index (χ2n) is 6.44. The maximum atomic E-state index is 13.2. The summed E-state index contributed by atoms with van der Waals surface area (Å²) in [5.74, 6) is 0.759. The molecule has 0 radical (unpaired) electrons. The molecule has 152 valence electrons. The van der Waals surface area contributed by atoms with Gasteiger partial charge in [-0.3, -0.25) is 4.90 Å². The molecular weight excluding hydrogens is 407 g/mol. The quantitative estimate of drug-likeness (QED) is 0.707. The van der Waals surface area contributed by atoms with E-state index in [9.17, 15) is 12.8 Å². The van der Waals surface area contributed by atoms with Gasteiger partial charge in [-0.25, -0.2) is 12.8 Å². The average Bonchev–Trinajstić information content (AvgIpc) is 2.68. The number of sulfonamides is 1. The first-order chi connectivity index (χ1) is 13.3. The van der Waals surface area contributed by atoms with E-state index in [0.29, 0.717) is 44.2 Å². The van der Waals surface area contributed by atoms with Crippen LogP contribution in [0.5, 0.6) is 11.5 Å². The van der Waals surface area contributed by atoms with Crippen LogP contribution in [0.4, 0.5) is 4.39 Å². The van der Waals surface area contributed by atoms with Crippen molar-refractivity contribution in [3.8, 4) is 11.5 Å². The van der Waals surface area contributed by atoms with E-state index >= 15 is 0 Å². The molecule has 1 aliphatic heterocycles. The molecule has 0 N–H and O–H groups in total. The lowest BCUT2D eigenvalue weighted by Gasteiger charge is -2.34. The number of nitrogens with zero attached hydrogens (tertiary/aromatic N) is 2. The maximum Gasteiger partial charge on any atom is 0.244 e. The average molecular weight is 429 g/mol. The predicted octanol–water partition coefficient (Wildman–Crippen LogP) is 3.00. The maximum absolute atomic E-state index is 13.2. The van der Waals surface area contributed by atoms with Crippen molar-refractivity contribution in [1.82, 2.24) is 9.21 Å². The van der Waals surface area contributed by atoms with Crippen molar-refractivity contribution in [2.24, 2.45) is 0 Å². The highest BCUT2D eigenvalue weighted by atomic mass is 35.5. The molecule has 2 aromatic carbocycles. The number of ether oxygens (including phenoxy) is 2. The third-order valence-electron chi connectivity index (χ3n) is 4.70. The number of piperazine rings is 1. The Morgan fingerprint density at radius 3 is 2.29 bits per heavy atom. The summed E-state index contributed by atoms with van der Waals surface area (Å²) in [6.07, 6.45) is 0. The molecule has 0 bridgehead atoms. The third kappa shape index (κ3) is 4.41. The highest BCUT2D eigenvalue weighted by Crippen LogP contribution is 2.29. The van der Waals surface area contributed by atoms with Crippen LogP contribution in [0, 0.1) is 5.82 Å². The standard InChI is InChI=1S/C19H22ClFN2O4S/c1-26-17-5-3-14(11-18(17)27-2)13-22-7-9-23(10-8-22)28(24,25)19-6-4-15(21)12-16(19)20/h3-6,11-12H,7-10,13H2,1-2H3. The summed E-state index contributed by atoms with van der Waals surface area (Å²) in [6, 6.07) is 9.06. The molecule has 2 aromatic rings. The second-order valence-corrected chi connectivity index (χ2v) is 8.76. The number of hydrogen-bond donors (Lipinski definition) is 0. The minimum Gasteiger partial charge on any atom is -0.493 e. The van der Waals surface area contributed by atoms with Gasteiger partial charge in [-0.1, -0.05) is 17.7 Å². The van der Waals surface area contributed by atoms with Gasteiger partial charge in [0.1, 0.15) is 10.7 Å². The van der Waals surface area contributed by atoms with Gasteiger partial charge in [-0.05, 0) is 35.9 Å². The van der Waals surface area contributed by atoms with E-state index in [1.54, 1.807) is 14.2 Å². The van der Waals surface area contributed by atoms with E-state index in [0.717, 1.165) is 17.7 Å². The van der Waals surface area contributed by atoms with Gasteiger partial charge >= 0.3 is 0 Å². The Morgan fingerprint density at radius 1 is 1.00 bits per heavy atom. The molecular formula is C19H22ClFN2O4S. The van der Waals surface area contributed by atoms with Gasteiger partial charge in [0.05, 0.1) is 19.2 Å². The van der Waals surface area contributed by atoms with Crippen molar-refractivity contribution in [1.29, 1.82) is 0 Å². The fourth-order valence-electron chi connectivity index (χ4n) is 3.19. The van der Waals surface area contributed by atoms with Crippen LogP contribution < -0.4 is 9.47 Å². The molecule has 28 heavy (non-hydrogen) atoms. The molecule has 0 unspecified atom stereocenters. The lowest BCUT2D eigenvalue weighted by molar-refractivity contribution is 0.181. The molecule has 0 saturated carbocycles. The summed E-state index contributed by atoms with van der Waals surface area (Å²) in [5, 5.41) is -0.104.